The third-order valence-corrected chi connectivity index (χ3v) is 6.48. The molecule has 180 valence electrons. The summed E-state index contributed by atoms with van der Waals surface area (Å²) < 4.78 is 15.8. The molecule has 5 rings (SSSR count). The van der Waals surface area contributed by atoms with Crippen LogP contribution < -0.4 is 10.6 Å². The van der Waals surface area contributed by atoms with E-state index >= 15 is 0 Å². The SMILES string of the molecule is CC(C)c1nc(NC2CCC(NC(=O)c3ccccc3F)CC2)c2cnn(-c3ccccc3)c2n1. The van der Waals surface area contributed by atoms with Crippen LogP contribution in [0.25, 0.3) is 16.7 Å². The molecule has 2 aromatic heterocycles. The van der Waals surface area contributed by atoms with Crippen molar-refractivity contribution < 1.29 is 9.18 Å². The minimum Gasteiger partial charge on any atom is -0.367 e. The van der Waals surface area contributed by atoms with Gasteiger partial charge in [0.15, 0.2) is 5.65 Å². The second-order valence-electron chi connectivity index (χ2n) is 9.36. The van der Waals surface area contributed by atoms with E-state index < -0.39 is 5.82 Å². The first kappa shape index (κ1) is 23.0. The molecule has 2 N–H and O–H groups in total. The van der Waals surface area contributed by atoms with E-state index in [-0.39, 0.29) is 29.5 Å². The fourth-order valence-electron chi connectivity index (χ4n) is 4.54. The van der Waals surface area contributed by atoms with Crippen LogP contribution in [-0.4, -0.2) is 37.7 Å². The molecule has 0 radical (unpaired) electrons. The standard InChI is InChI=1S/C27H29FN6O/c1-17(2)24-32-25(22-16-29-34(26(22)33-24)20-8-4-3-5-9-20)30-18-12-14-19(15-13-18)31-27(35)21-10-6-7-11-23(21)28/h3-11,16-19H,12-15H2,1-2H3,(H,31,35)(H,30,32,33). The molecule has 35 heavy (non-hydrogen) atoms. The largest absolute Gasteiger partial charge is 0.367 e. The summed E-state index contributed by atoms with van der Waals surface area (Å²) in [6.45, 7) is 4.16. The van der Waals surface area contributed by atoms with E-state index in [9.17, 15) is 9.18 Å². The number of aromatic nitrogens is 4. The summed E-state index contributed by atoms with van der Waals surface area (Å²) in [5.74, 6) is 0.878. The number of para-hydroxylation sites is 1. The highest BCUT2D eigenvalue weighted by Gasteiger charge is 2.25. The summed E-state index contributed by atoms with van der Waals surface area (Å²) in [6, 6.07) is 16.3. The number of nitrogens with zero attached hydrogens (tertiary/aromatic N) is 4. The smallest absolute Gasteiger partial charge is 0.254 e. The highest BCUT2D eigenvalue weighted by molar-refractivity contribution is 5.94. The summed E-state index contributed by atoms with van der Waals surface area (Å²) >= 11 is 0. The summed E-state index contributed by atoms with van der Waals surface area (Å²) in [7, 11) is 0. The highest BCUT2D eigenvalue weighted by atomic mass is 19.1. The van der Waals surface area contributed by atoms with Crippen molar-refractivity contribution in [1.82, 2.24) is 25.1 Å². The molecule has 0 saturated heterocycles. The zero-order chi connectivity index (χ0) is 24.4. The second-order valence-corrected chi connectivity index (χ2v) is 9.36. The average molecular weight is 473 g/mol. The Balaban J connectivity index is 1.31. The molecule has 0 spiro atoms. The van der Waals surface area contributed by atoms with Crippen LogP contribution in [0, 0.1) is 5.82 Å². The van der Waals surface area contributed by atoms with E-state index in [1.807, 2.05) is 41.2 Å². The molecule has 1 saturated carbocycles. The maximum Gasteiger partial charge on any atom is 0.254 e. The summed E-state index contributed by atoms with van der Waals surface area (Å²) in [6.07, 6.45) is 5.18. The molecule has 8 heteroatoms. The maximum absolute atomic E-state index is 13.9. The van der Waals surface area contributed by atoms with Gasteiger partial charge in [0, 0.05) is 18.0 Å². The second kappa shape index (κ2) is 9.82. The van der Waals surface area contributed by atoms with E-state index in [0.29, 0.717) is 0 Å². The fourth-order valence-corrected chi connectivity index (χ4v) is 4.54. The Bertz CT molecular complexity index is 1330. The first-order valence-electron chi connectivity index (χ1n) is 12.1. The molecular formula is C27H29FN6O. The molecule has 1 fully saturated rings. The van der Waals surface area contributed by atoms with E-state index in [0.717, 1.165) is 54.0 Å². The third kappa shape index (κ3) is 4.87. The Kier molecular flexibility index (Phi) is 6.44. The number of anilines is 1. The lowest BCUT2D eigenvalue weighted by atomic mass is 9.91. The fraction of sp³-hybridized carbons (Fsp3) is 0.333. The van der Waals surface area contributed by atoms with E-state index in [1.54, 1.807) is 12.1 Å². The van der Waals surface area contributed by atoms with Crippen LogP contribution >= 0.6 is 0 Å². The summed E-state index contributed by atoms with van der Waals surface area (Å²) in [4.78, 5) is 22.1. The summed E-state index contributed by atoms with van der Waals surface area (Å²) in [5, 5.41) is 12.1. The lowest BCUT2D eigenvalue weighted by Crippen LogP contribution is -2.40. The Hall–Kier alpha value is -3.81. The van der Waals surface area contributed by atoms with Gasteiger partial charge in [-0.1, -0.05) is 44.2 Å². The van der Waals surface area contributed by atoms with Gasteiger partial charge >= 0.3 is 0 Å². The van der Waals surface area contributed by atoms with Gasteiger partial charge in [-0.25, -0.2) is 19.0 Å². The third-order valence-electron chi connectivity index (χ3n) is 6.48. The normalized spacial score (nSPS) is 18.1. The van der Waals surface area contributed by atoms with Gasteiger partial charge in [-0.05, 0) is 49.9 Å². The number of hydrogen-bond acceptors (Lipinski definition) is 5. The topological polar surface area (TPSA) is 84.7 Å². The Morgan fingerprint density at radius 1 is 0.971 bits per heavy atom. The van der Waals surface area contributed by atoms with Crippen LogP contribution in [0.2, 0.25) is 0 Å². The van der Waals surface area contributed by atoms with Crippen molar-refractivity contribution in [3.05, 3.63) is 78.0 Å². The van der Waals surface area contributed by atoms with Crippen molar-refractivity contribution in [2.75, 3.05) is 5.32 Å². The number of carbonyl (C=O) groups is 1. The van der Waals surface area contributed by atoms with Gasteiger partial charge in [-0.15, -0.1) is 0 Å². The van der Waals surface area contributed by atoms with Crippen LogP contribution in [0.5, 0.6) is 0 Å². The van der Waals surface area contributed by atoms with Crippen LogP contribution in [0.3, 0.4) is 0 Å². The minimum absolute atomic E-state index is 0.0256. The Morgan fingerprint density at radius 2 is 1.66 bits per heavy atom. The van der Waals surface area contributed by atoms with Crippen molar-refractivity contribution in [2.45, 2.75) is 57.5 Å². The van der Waals surface area contributed by atoms with E-state index in [4.69, 9.17) is 9.97 Å². The van der Waals surface area contributed by atoms with Crippen molar-refractivity contribution >= 4 is 22.8 Å². The molecule has 1 amide bonds. The molecule has 0 unspecified atom stereocenters. The lowest BCUT2D eigenvalue weighted by Gasteiger charge is -2.30. The maximum atomic E-state index is 13.9. The molecule has 0 aliphatic heterocycles. The average Bonchev–Trinajstić information content (AvgIpc) is 3.30. The number of benzene rings is 2. The zero-order valence-corrected chi connectivity index (χ0v) is 19.9. The van der Waals surface area contributed by atoms with E-state index in [2.05, 4.69) is 29.6 Å². The van der Waals surface area contributed by atoms with Gasteiger partial charge in [0.1, 0.15) is 17.5 Å². The van der Waals surface area contributed by atoms with Crippen LogP contribution in [0.15, 0.2) is 60.8 Å². The molecule has 1 aliphatic carbocycles. The monoisotopic (exact) mass is 472 g/mol. The predicted octanol–water partition coefficient (Wildman–Crippen LogP) is 5.23. The first-order valence-corrected chi connectivity index (χ1v) is 12.1. The van der Waals surface area contributed by atoms with Crippen molar-refractivity contribution in [1.29, 1.82) is 0 Å². The molecule has 2 aromatic carbocycles. The van der Waals surface area contributed by atoms with Crippen LogP contribution in [0.4, 0.5) is 10.2 Å². The molecule has 4 aromatic rings. The number of carbonyl (C=O) groups excluding carboxylic acids is 1. The number of fused-ring (bicyclic) bond motifs is 1. The van der Waals surface area contributed by atoms with Gasteiger partial charge < -0.3 is 10.6 Å². The number of rotatable bonds is 6. The highest BCUT2D eigenvalue weighted by Crippen LogP contribution is 2.28. The van der Waals surface area contributed by atoms with Gasteiger partial charge in [-0.3, -0.25) is 4.79 Å². The molecule has 0 bridgehead atoms. The minimum atomic E-state index is -0.495. The quantitative estimate of drug-likeness (QED) is 0.401. The Labute approximate surface area is 203 Å². The molecule has 2 heterocycles. The Morgan fingerprint density at radius 3 is 2.37 bits per heavy atom. The van der Waals surface area contributed by atoms with Crippen molar-refractivity contribution in [3.63, 3.8) is 0 Å². The molecule has 0 atom stereocenters. The molecule has 1 aliphatic rings. The number of nitrogens with one attached hydrogen (secondary N) is 2. The van der Waals surface area contributed by atoms with Crippen molar-refractivity contribution in [3.8, 4) is 5.69 Å². The first-order chi connectivity index (χ1) is 17.0. The van der Waals surface area contributed by atoms with Crippen LogP contribution in [0.1, 0.15) is 61.6 Å². The predicted molar refractivity (Wildman–Crippen MR) is 134 cm³/mol. The van der Waals surface area contributed by atoms with Gasteiger partial charge in [0.05, 0.1) is 22.8 Å². The number of amides is 1. The molecule has 7 nitrogen and oxygen atoms in total. The van der Waals surface area contributed by atoms with Gasteiger partial charge in [0.2, 0.25) is 0 Å². The van der Waals surface area contributed by atoms with Gasteiger partial charge in [0.25, 0.3) is 5.91 Å². The van der Waals surface area contributed by atoms with E-state index in [1.165, 1.54) is 12.1 Å². The van der Waals surface area contributed by atoms with Crippen molar-refractivity contribution in [2.24, 2.45) is 0 Å². The van der Waals surface area contributed by atoms with Gasteiger partial charge in [-0.2, -0.15) is 5.10 Å². The molecular weight excluding hydrogens is 443 g/mol. The summed E-state index contributed by atoms with van der Waals surface area (Å²) in [5.41, 5.74) is 1.82. The van der Waals surface area contributed by atoms with Crippen LogP contribution in [-0.2, 0) is 0 Å². The zero-order valence-electron chi connectivity index (χ0n) is 19.9. The number of halogens is 1. The number of hydrogen-bond donors (Lipinski definition) is 2. The lowest BCUT2D eigenvalue weighted by molar-refractivity contribution is 0.0922.